The van der Waals surface area contributed by atoms with Crippen molar-refractivity contribution in [2.45, 2.75) is 6.04 Å². The molecule has 1 heterocycles. The Bertz CT molecular complexity index is 568. The van der Waals surface area contributed by atoms with Gasteiger partial charge in [-0.1, -0.05) is 28.1 Å². The van der Waals surface area contributed by atoms with Crippen molar-refractivity contribution in [2.24, 2.45) is 0 Å². The first-order valence-corrected chi connectivity index (χ1v) is 6.12. The third-order valence-corrected chi connectivity index (χ3v) is 3.03. The van der Waals surface area contributed by atoms with Crippen molar-refractivity contribution in [3.8, 4) is 11.3 Å². The lowest BCUT2D eigenvalue weighted by Gasteiger charge is -2.07. The third-order valence-electron chi connectivity index (χ3n) is 2.54. The minimum absolute atomic E-state index is 0.389. The molecular formula is C12H12BrN3O2. The molecule has 0 bridgehead atoms. The van der Waals surface area contributed by atoms with Gasteiger partial charge in [0.15, 0.2) is 6.04 Å². The van der Waals surface area contributed by atoms with E-state index < -0.39 is 12.0 Å². The number of aliphatic carboxylic acids is 1. The van der Waals surface area contributed by atoms with Gasteiger partial charge >= 0.3 is 5.97 Å². The Balaban J connectivity index is 2.33. The molecule has 0 amide bonds. The van der Waals surface area contributed by atoms with Gasteiger partial charge in [0.1, 0.15) is 5.82 Å². The van der Waals surface area contributed by atoms with Gasteiger partial charge in [-0.25, -0.2) is 4.98 Å². The molecule has 0 radical (unpaired) electrons. The number of nitrogens with zero attached hydrogens (tertiary/aromatic N) is 1. The van der Waals surface area contributed by atoms with Crippen LogP contribution in [0.25, 0.3) is 11.3 Å². The van der Waals surface area contributed by atoms with E-state index in [0.717, 1.165) is 15.7 Å². The average molecular weight is 310 g/mol. The summed E-state index contributed by atoms with van der Waals surface area (Å²) in [4.78, 5) is 18.1. The molecular weight excluding hydrogens is 298 g/mol. The lowest BCUT2D eigenvalue weighted by Crippen LogP contribution is -2.26. The van der Waals surface area contributed by atoms with Crippen LogP contribution in [0, 0.1) is 0 Å². The number of hydrogen-bond donors (Lipinski definition) is 3. The molecule has 0 aliphatic carbocycles. The van der Waals surface area contributed by atoms with Crippen LogP contribution in [0.2, 0.25) is 0 Å². The number of hydrogen-bond acceptors (Lipinski definition) is 3. The molecule has 0 spiro atoms. The highest BCUT2D eigenvalue weighted by atomic mass is 79.9. The van der Waals surface area contributed by atoms with E-state index in [2.05, 4.69) is 31.2 Å². The minimum atomic E-state index is -0.965. The Hall–Kier alpha value is -1.66. The Morgan fingerprint density at radius 3 is 2.94 bits per heavy atom. The van der Waals surface area contributed by atoms with Crippen LogP contribution in [0.3, 0.4) is 0 Å². The summed E-state index contributed by atoms with van der Waals surface area (Å²) >= 11 is 3.39. The standard InChI is InChI=1S/C12H12BrN3O2/c1-14-10(12(17)18)11-15-6-9(16-11)7-3-2-4-8(13)5-7/h2-6,10,14H,1H3,(H,15,16)(H,17,18). The van der Waals surface area contributed by atoms with Crippen LogP contribution in [-0.2, 0) is 4.79 Å². The molecule has 1 aromatic carbocycles. The van der Waals surface area contributed by atoms with E-state index in [1.165, 1.54) is 0 Å². The Morgan fingerprint density at radius 2 is 2.33 bits per heavy atom. The largest absolute Gasteiger partial charge is 0.480 e. The summed E-state index contributed by atoms with van der Waals surface area (Å²) in [5.74, 6) is -0.576. The second-order valence-electron chi connectivity index (χ2n) is 3.75. The zero-order valence-electron chi connectivity index (χ0n) is 9.64. The number of carbonyl (C=O) groups is 1. The summed E-state index contributed by atoms with van der Waals surface area (Å²) in [7, 11) is 1.58. The van der Waals surface area contributed by atoms with Crippen molar-refractivity contribution >= 4 is 21.9 Å². The second-order valence-corrected chi connectivity index (χ2v) is 4.67. The summed E-state index contributed by atoms with van der Waals surface area (Å²) in [6, 6.07) is 6.87. The number of rotatable bonds is 4. The molecule has 1 unspecified atom stereocenters. The zero-order chi connectivity index (χ0) is 13.1. The first-order chi connectivity index (χ1) is 8.61. The van der Waals surface area contributed by atoms with Crippen molar-refractivity contribution in [2.75, 3.05) is 7.05 Å². The number of aromatic amines is 1. The highest BCUT2D eigenvalue weighted by Gasteiger charge is 2.20. The van der Waals surface area contributed by atoms with Crippen molar-refractivity contribution < 1.29 is 9.90 Å². The molecule has 0 saturated carbocycles. The molecule has 6 heteroatoms. The molecule has 5 nitrogen and oxygen atoms in total. The van der Waals surface area contributed by atoms with Crippen LogP contribution in [0.4, 0.5) is 0 Å². The van der Waals surface area contributed by atoms with Gasteiger partial charge in [0, 0.05) is 10.0 Å². The maximum Gasteiger partial charge on any atom is 0.328 e. The third kappa shape index (κ3) is 2.60. The number of H-pyrrole nitrogens is 1. The van der Waals surface area contributed by atoms with Crippen LogP contribution in [0.15, 0.2) is 34.9 Å². The lowest BCUT2D eigenvalue weighted by atomic mass is 10.2. The van der Waals surface area contributed by atoms with Crippen LogP contribution < -0.4 is 5.32 Å². The topological polar surface area (TPSA) is 78.0 Å². The smallest absolute Gasteiger partial charge is 0.328 e. The summed E-state index contributed by atoms with van der Waals surface area (Å²) in [5.41, 5.74) is 1.73. The predicted molar refractivity (Wildman–Crippen MR) is 71.2 cm³/mol. The molecule has 1 atom stereocenters. The first kappa shape index (κ1) is 12.8. The van der Waals surface area contributed by atoms with E-state index in [9.17, 15) is 4.79 Å². The van der Waals surface area contributed by atoms with Gasteiger partial charge in [0.25, 0.3) is 0 Å². The normalized spacial score (nSPS) is 12.3. The number of benzene rings is 1. The molecule has 0 fully saturated rings. The summed E-state index contributed by atoms with van der Waals surface area (Å²) in [6.07, 6.45) is 1.63. The van der Waals surface area contributed by atoms with Gasteiger partial charge in [-0.3, -0.25) is 4.79 Å². The van der Waals surface area contributed by atoms with Crippen LogP contribution >= 0.6 is 15.9 Å². The monoisotopic (exact) mass is 309 g/mol. The van der Waals surface area contributed by atoms with Gasteiger partial charge in [-0.15, -0.1) is 0 Å². The van der Waals surface area contributed by atoms with E-state index in [0.29, 0.717) is 5.82 Å². The van der Waals surface area contributed by atoms with E-state index in [-0.39, 0.29) is 0 Å². The van der Waals surface area contributed by atoms with Gasteiger partial charge in [-0.2, -0.15) is 0 Å². The van der Waals surface area contributed by atoms with Gasteiger partial charge < -0.3 is 15.4 Å². The zero-order valence-corrected chi connectivity index (χ0v) is 11.2. The average Bonchev–Trinajstić information content (AvgIpc) is 2.79. The molecule has 2 aromatic rings. The number of likely N-dealkylation sites (N-methyl/N-ethyl adjacent to an activating group) is 1. The highest BCUT2D eigenvalue weighted by Crippen LogP contribution is 2.22. The molecule has 0 aliphatic rings. The number of carboxylic acids is 1. The number of halogens is 1. The lowest BCUT2D eigenvalue weighted by molar-refractivity contribution is -0.139. The Morgan fingerprint density at radius 1 is 1.56 bits per heavy atom. The summed E-state index contributed by atoms with van der Waals surface area (Å²) < 4.78 is 0.958. The molecule has 0 aliphatic heterocycles. The number of aromatic nitrogens is 2. The molecule has 94 valence electrons. The van der Waals surface area contributed by atoms with Crippen LogP contribution in [0.5, 0.6) is 0 Å². The maximum atomic E-state index is 11.0. The molecule has 2 rings (SSSR count). The van der Waals surface area contributed by atoms with Crippen molar-refractivity contribution in [1.29, 1.82) is 0 Å². The van der Waals surface area contributed by atoms with E-state index in [1.54, 1.807) is 13.2 Å². The second kappa shape index (κ2) is 5.32. The number of imidazole rings is 1. The number of carboxylic acid groups (broad SMARTS) is 1. The first-order valence-electron chi connectivity index (χ1n) is 5.32. The quantitative estimate of drug-likeness (QED) is 0.809. The van der Waals surface area contributed by atoms with Gasteiger partial charge in [-0.05, 0) is 19.2 Å². The fourth-order valence-corrected chi connectivity index (χ4v) is 2.06. The molecule has 3 N–H and O–H groups in total. The van der Waals surface area contributed by atoms with Crippen molar-refractivity contribution in [1.82, 2.24) is 15.3 Å². The van der Waals surface area contributed by atoms with E-state index in [4.69, 9.17) is 5.11 Å². The summed E-state index contributed by atoms with van der Waals surface area (Å²) in [5, 5.41) is 11.7. The van der Waals surface area contributed by atoms with Crippen LogP contribution in [-0.4, -0.2) is 28.1 Å². The SMILES string of the molecule is CNC(C(=O)O)c1ncc(-c2cccc(Br)c2)[nH]1. The number of nitrogens with one attached hydrogen (secondary N) is 2. The highest BCUT2D eigenvalue weighted by molar-refractivity contribution is 9.10. The molecule has 18 heavy (non-hydrogen) atoms. The molecule has 0 saturated heterocycles. The Kier molecular flexibility index (Phi) is 3.78. The van der Waals surface area contributed by atoms with Crippen LogP contribution in [0.1, 0.15) is 11.9 Å². The van der Waals surface area contributed by atoms with Crippen molar-refractivity contribution in [3.63, 3.8) is 0 Å². The fourth-order valence-electron chi connectivity index (χ4n) is 1.66. The van der Waals surface area contributed by atoms with E-state index in [1.807, 2.05) is 24.3 Å². The van der Waals surface area contributed by atoms with E-state index >= 15 is 0 Å². The predicted octanol–water partition coefficient (Wildman–Crippen LogP) is 2.18. The minimum Gasteiger partial charge on any atom is -0.480 e. The maximum absolute atomic E-state index is 11.0. The van der Waals surface area contributed by atoms with Crippen molar-refractivity contribution in [3.05, 3.63) is 40.8 Å². The Labute approximate surface area is 112 Å². The summed E-state index contributed by atoms with van der Waals surface area (Å²) in [6.45, 7) is 0. The van der Waals surface area contributed by atoms with Gasteiger partial charge in [0.05, 0.1) is 11.9 Å². The fraction of sp³-hybridized carbons (Fsp3) is 0.167. The van der Waals surface area contributed by atoms with Gasteiger partial charge in [0.2, 0.25) is 0 Å². The molecule has 1 aromatic heterocycles.